The van der Waals surface area contributed by atoms with Crippen molar-refractivity contribution in [2.75, 3.05) is 40.9 Å². The van der Waals surface area contributed by atoms with Crippen molar-refractivity contribution in [2.24, 2.45) is 0 Å². The van der Waals surface area contributed by atoms with Gasteiger partial charge in [0.05, 0.1) is 39.9 Å². The standard InChI is InChI=1S/C72H137N2O6P/c1-6-8-10-12-14-16-18-20-22-24-26-27-28-29-30-31-32-33-34-35-36-37-38-39-40-41-42-43-44-45-46-47-48-50-52-54-56-58-60-62-64-66-72(76)73-70(69-80-81(77,78)79-68-67-74(3,4)5)71(75)65-63-61-59-57-55-53-51-49-25-23-21-19-17-15-13-11-9-7-2/h18,20,24-26,49,55,57,63,65,70-71,75H,6-17,19,21-23,27-48,50-54,56,58-62,64,66-69H2,1-5H3,(H-,73,76,77,78)/b20-18-,26-24-,49-25+,57-55+,65-63+. The summed E-state index contributed by atoms with van der Waals surface area (Å²) in [5.74, 6) is -0.206. The Hall–Kier alpha value is -1.80. The van der Waals surface area contributed by atoms with Gasteiger partial charge >= 0.3 is 0 Å². The predicted molar refractivity (Wildman–Crippen MR) is 353 cm³/mol. The number of hydrogen-bond acceptors (Lipinski definition) is 6. The number of aliphatic hydroxyl groups is 1. The van der Waals surface area contributed by atoms with Crippen LogP contribution in [0.4, 0.5) is 0 Å². The van der Waals surface area contributed by atoms with E-state index in [1.165, 1.54) is 270 Å². The molecule has 81 heavy (non-hydrogen) atoms. The molecular weight excluding hydrogens is 1020 g/mol. The number of rotatable bonds is 65. The zero-order chi connectivity index (χ0) is 59.1. The molecule has 3 atom stereocenters. The first-order valence-corrected chi connectivity index (χ1v) is 36.6. The quantitative estimate of drug-likeness (QED) is 0.0272. The number of quaternary nitrogens is 1. The molecule has 476 valence electrons. The van der Waals surface area contributed by atoms with Crippen LogP contribution in [-0.4, -0.2) is 68.5 Å². The van der Waals surface area contributed by atoms with Crippen LogP contribution in [0.25, 0.3) is 0 Å². The lowest BCUT2D eigenvalue weighted by Crippen LogP contribution is -2.45. The molecule has 0 saturated heterocycles. The number of amides is 1. The van der Waals surface area contributed by atoms with Gasteiger partial charge in [0, 0.05) is 6.42 Å². The Morgan fingerprint density at radius 1 is 0.432 bits per heavy atom. The highest BCUT2D eigenvalue weighted by atomic mass is 31.2. The third kappa shape index (κ3) is 65.6. The Bertz CT molecular complexity index is 1500. The molecule has 9 heteroatoms. The van der Waals surface area contributed by atoms with E-state index in [0.29, 0.717) is 17.4 Å². The van der Waals surface area contributed by atoms with Gasteiger partial charge in [0.2, 0.25) is 5.91 Å². The smallest absolute Gasteiger partial charge is 0.268 e. The third-order valence-corrected chi connectivity index (χ3v) is 16.9. The number of nitrogens with one attached hydrogen (secondary N) is 1. The lowest BCUT2D eigenvalue weighted by molar-refractivity contribution is -0.870. The Morgan fingerprint density at radius 3 is 1.07 bits per heavy atom. The van der Waals surface area contributed by atoms with Crippen molar-refractivity contribution in [2.45, 2.75) is 353 Å². The Balaban J connectivity index is 3.92. The number of aliphatic hydroxyl groups excluding tert-OH is 1. The topological polar surface area (TPSA) is 108 Å². The monoisotopic (exact) mass is 1160 g/mol. The molecule has 0 aliphatic carbocycles. The molecule has 2 N–H and O–H groups in total. The first-order chi connectivity index (χ1) is 39.5. The molecule has 0 aliphatic heterocycles. The van der Waals surface area contributed by atoms with Crippen molar-refractivity contribution in [3.8, 4) is 0 Å². The zero-order valence-corrected chi connectivity index (χ0v) is 55.4. The number of carbonyl (C=O) groups is 1. The summed E-state index contributed by atoms with van der Waals surface area (Å²) in [6, 6.07) is -0.910. The number of carbonyl (C=O) groups excluding carboxylic acids is 1. The first-order valence-electron chi connectivity index (χ1n) is 35.2. The fourth-order valence-corrected chi connectivity index (χ4v) is 11.2. The fourth-order valence-electron chi connectivity index (χ4n) is 10.5. The van der Waals surface area contributed by atoms with Gasteiger partial charge in [0.1, 0.15) is 13.2 Å². The van der Waals surface area contributed by atoms with Crippen molar-refractivity contribution in [3.05, 3.63) is 60.8 Å². The van der Waals surface area contributed by atoms with E-state index in [-0.39, 0.29) is 12.5 Å². The average molecular weight is 1160 g/mol. The van der Waals surface area contributed by atoms with E-state index >= 15 is 0 Å². The van der Waals surface area contributed by atoms with Crippen molar-refractivity contribution in [1.82, 2.24) is 5.32 Å². The highest BCUT2D eigenvalue weighted by Crippen LogP contribution is 2.38. The van der Waals surface area contributed by atoms with E-state index in [0.717, 1.165) is 51.4 Å². The van der Waals surface area contributed by atoms with Gasteiger partial charge in [-0.2, -0.15) is 0 Å². The summed E-state index contributed by atoms with van der Waals surface area (Å²) in [6.07, 6.45) is 86.5. The number of hydrogen-bond donors (Lipinski definition) is 2. The van der Waals surface area contributed by atoms with Gasteiger partial charge in [-0.15, -0.1) is 0 Å². The molecule has 0 saturated carbocycles. The number of likely N-dealkylation sites (N-methyl/N-ethyl adjacent to an activating group) is 1. The summed E-state index contributed by atoms with van der Waals surface area (Å²) in [4.78, 5) is 25.6. The minimum atomic E-state index is -4.61. The molecule has 8 nitrogen and oxygen atoms in total. The Kier molecular flexibility index (Phi) is 61.3. The maximum Gasteiger partial charge on any atom is 0.268 e. The molecule has 0 spiro atoms. The summed E-state index contributed by atoms with van der Waals surface area (Å²) in [6.45, 7) is 4.64. The minimum Gasteiger partial charge on any atom is -0.756 e. The summed E-state index contributed by atoms with van der Waals surface area (Å²) in [5.41, 5.74) is 0. The second-order valence-corrected chi connectivity index (χ2v) is 26.6. The molecule has 1 amide bonds. The normalized spacial score (nSPS) is 14.0. The molecule has 0 radical (unpaired) electrons. The Morgan fingerprint density at radius 2 is 0.728 bits per heavy atom. The third-order valence-electron chi connectivity index (χ3n) is 15.9. The van der Waals surface area contributed by atoms with Crippen LogP contribution >= 0.6 is 7.82 Å². The van der Waals surface area contributed by atoms with Crippen LogP contribution in [0.1, 0.15) is 341 Å². The minimum absolute atomic E-state index is 0.00840. The predicted octanol–water partition coefficient (Wildman–Crippen LogP) is 21.8. The second-order valence-electron chi connectivity index (χ2n) is 25.2. The molecule has 0 heterocycles. The van der Waals surface area contributed by atoms with E-state index < -0.39 is 26.6 Å². The van der Waals surface area contributed by atoms with Crippen molar-refractivity contribution < 1.29 is 32.9 Å². The summed E-state index contributed by atoms with van der Waals surface area (Å²) in [5, 5.41) is 13.9. The van der Waals surface area contributed by atoms with Crippen LogP contribution in [-0.2, 0) is 18.4 Å². The van der Waals surface area contributed by atoms with E-state index in [4.69, 9.17) is 9.05 Å². The van der Waals surface area contributed by atoms with Crippen molar-refractivity contribution in [3.63, 3.8) is 0 Å². The van der Waals surface area contributed by atoms with Crippen LogP contribution in [0.2, 0.25) is 0 Å². The first kappa shape index (κ1) is 79.2. The van der Waals surface area contributed by atoms with Gasteiger partial charge in [-0.05, 0) is 77.0 Å². The molecule has 0 fully saturated rings. The van der Waals surface area contributed by atoms with Crippen LogP contribution in [0.15, 0.2) is 60.8 Å². The number of phosphoric ester groups is 1. The van der Waals surface area contributed by atoms with Gasteiger partial charge in [0.15, 0.2) is 0 Å². The number of nitrogens with zero attached hydrogens (tertiary/aromatic N) is 1. The van der Waals surface area contributed by atoms with Crippen LogP contribution in [0.5, 0.6) is 0 Å². The van der Waals surface area contributed by atoms with Gasteiger partial charge in [-0.1, -0.05) is 319 Å². The van der Waals surface area contributed by atoms with E-state index in [2.05, 4.69) is 67.8 Å². The molecular formula is C72H137N2O6P. The van der Waals surface area contributed by atoms with E-state index in [1.807, 2.05) is 27.2 Å². The molecule has 0 aliphatic rings. The van der Waals surface area contributed by atoms with Crippen molar-refractivity contribution >= 4 is 13.7 Å². The summed E-state index contributed by atoms with van der Waals surface area (Å²) < 4.78 is 23.4. The lowest BCUT2D eigenvalue weighted by Gasteiger charge is -2.29. The maximum atomic E-state index is 13.0. The second kappa shape index (κ2) is 62.7. The largest absolute Gasteiger partial charge is 0.756 e. The van der Waals surface area contributed by atoms with Gasteiger partial charge in [-0.25, -0.2) is 0 Å². The van der Waals surface area contributed by atoms with Crippen LogP contribution < -0.4 is 10.2 Å². The average Bonchev–Trinajstić information content (AvgIpc) is 3.43. The number of unbranched alkanes of at least 4 members (excludes halogenated alkanes) is 44. The molecule has 0 rings (SSSR count). The van der Waals surface area contributed by atoms with Crippen LogP contribution in [0, 0.1) is 0 Å². The molecule has 0 bridgehead atoms. The molecule has 3 unspecified atom stereocenters. The van der Waals surface area contributed by atoms with Gasteiger partial charge in [-0.3, -0.25) is 9.36 Å². The highest BCUT2D eigenvalue weighted by Gasteiger charge is 2.23. The van der Waals surface area contributed by atoms with Crippen LogP contribution in [0.3, 0.4) is 0 Å². The van der Waals surface area contributed by atoms with E-state index in [1.54, 1.807) is 6.08 Å². The maximum absolute atomic E-state index is 13.0. The molecule has 0 aromatic rings. The lowest BCUT2D eigenvalue weighted by atomic mass is 10.0. The molecule has 0 aromatic heterocycles. The highest BCUT2D eigenvalue weighted by molar-refractivity contribution is 7.45. The van der Waals surface area contributed by atoms with Gasteiger partial charge < -0.3 is 28.8 Å². The Labute approximate surface area is 504 Å². The van der Waals surface area contributed by atoms with Crippen molar-refractivity contribution in [1.29, 1.82) is 0 Å². The summed E-state index contributed by atoms with van der Waals surface area (Å²) >= 11 is 0. The summed E-state index contributed by atoms with van der Waals surface area (Å²) in [7, 11) is 1.24. The number of allylic oxidation sites excluding steroid dienone is 9. The van der Waals surface area contributed by atoms with Gasteiger partial charge in [0.25, 0.3) is 7.82 Å². The number of phosphoric acid groups is 1. The zero-order valence-electron chi connectivity index (χ0n) is 54.5. The van der Waals surface area contributed by atoms with E-state index in [9.17, 15) is 19.4 Å². The molecule has 0 aromatic carbocycles. The SMILES string of the molecule is CCCCCCC/C=C\C/C=C\CCCCCCCCCCCCCCCCCCCCCCCCCCCCCCCC(=O)NC(COP(=O)([O-])OCC[N+](C)(C)C)C(O)/C=C/CC/C=C/CC/C=C/CCCCCCCCCC. The fraction of sp³-hybridized carbons (Fsp3) is 0.847.